The Kier molecular flexibility index (Phi) is 3.69. The molecule has 3 nitrogen and oxygen atoms in total. The van der Waals surface area contributed by atoms with Gasteiger partial charge >= 0.3 is 0 Å². The van der Waals surface area contributed by atoms with Gasteiger partial charge in [-0.05, 0) is 31.5 Å². The molecule has 4 heteroatoms. The monoisotopic (exact) mass is 252 g/mol. The number of hydrogen-bond donors (Lipinski definition) is 1. The van der Waals surface area contributed by atoms with Crippen LogP contribution in [0.2, 0.25) is 5.02 Å². The first-order valence-corrected chi connectivity index (χ1v) is 6.25. The molecule has 1 aromatic rings. The molecule has 1 aliphatic heterocycles. The molecule has 0 bridgehead atoms. The molecule has 92 valence electrons. The number of carbonyl (C=O) groups excluding carboxylic acids is 1. The van der Waals surface area contributed by atoms with E-state index < -0.39 is 0 Å². The van der Waals surface area contributed by atoms with E-state index in [-0.39, 0.29) is 11.9 Å². The predicted octanol–water partition coefficient (Wildman–Crippen LogP) is 2.08. The van der Waals surface area contributed by atoms with Gasteiger partial charge in [-0.15, -0.1) is 0 Å². The van der Waals surface area contributed by atoms with Crippen LogP contribution < -0.4 is 5.32 Å². The molecule has 1 aliphatic rings. The van der Waals surface area contributed by atoms with Crippen LogP contribution in [0, 0.1) is 6.92 Å². The van der Waals surface area contributed by atoms with Gasteiger partial charge in [-0.25, -0.2) is 0 Å². The fourth-order valence-corrected chi connectivity index (χ4v) is 2.41. The van der Waals surface area contributed by atoms with E-state index in [0.29, 0.717) is 10.6 Å². The summed E-state index contributed by atoms with van der Waals surface area (Å²) in [6.07, 6.45) is 0. The molecule has 0 aromatic heterocycles. The van der Waals surface area contributed by atoms with E-state index in [0.717, 1.165) is 25.2 Å². The lowest BCUT2D eigenvalue weighted by Crippen LogP contribution is -2.52. The van der Waals surface area contributed by atoms with Crippen LogP contribution in [-0.2, 0) is 0 Å². The molecule has 1 atom stereocenters. The number of nitrogens with zero attached hydrogens (tertiary/aromatic N) is 1. The van der Waals surface area contributed by atoms with Crippen LogP contribution in [0.3, 0.4) is 0 Å². The lowest BCUT2D eigenvalue weighted by atomic mass is 10.1. The number of aryl methyl sites for hydroxylation is 1. The van der Waals surface area contributed by atoms with Gasteiger partial charge in [0.2, 0.25) is 0 Å². The molecule has 2 rings (SSSR count). The van der Waals surface area contributed by atoms with Gasteiger partial charge in [0.25, 0.3) is 5.91 Å². The molecule has 1 aromatic carbocycles. The van der Waals surface area contributed by atoms with Crippen LogP contribution >= 0.6 is 11.6 Å². The average molecular weight is 253 g/mol. The average Bonchev–Trinajstić information content (AvgIpc) is 2.29. The summed E-state index contributed by atoms with van der Waals surface area (Å²) in [6, 6.07) is 5.79. The number of amides is 1. The summed E-state index contributed by atoms with van der Waals surface area (Å²) in [5, 5.41) is 3.81. The Hall–Kier alpha value is -1.06. The highest BCUT2D eigenvalue weighted by atomic mass is 35.5. The number of carbonyl (C=O) groups is 1. The van der Waals surface area contributed by atoms with Gasteiger partial charge < -0.3 is 10.2 Å². The van der Waals surface area contributed by atoms with Crippen molar-refractivity contribution in [3.8, 4) is 0 Å². The lowest BCUT2D eigenvalue weighted by molar-refractivity contribution is 0.0656. The Balaban J connectivity index is 2.24. The second-order valence-electron chi connectivity index (χ2n) is 4.53. The number of piperazine rings is 1. The quantitative estimate of drug-likeness (QED) is 0.830. The van der Waals surface area contributed by atoms with Crippen molar-refractivity contribution in [1.82, 2.24) is 10.2 Å². The third-order valence-electron chi connectivity index (χ3n) is 3.12. The van der Waals surface area contributed by atoms with Crippen molar-refractivity contribution < 1.29 is 4.79 Å². The summed E-state index contributed by atoms with van der Waals surface area (Å²) in [5.74, 6) is 0.0315. The first-order chi connectivity index (χ1) is 8.09. The van der Waals surface area contributed by atoms with E-state index in [9.17, 15) is 4.79 Å². The smallest absolute Gasteiger partial charge is 0.255 e. The van der Waals surface area contributed by atoms with Crippen LogP contribution in [0.25, 0.3) is 0 Å². The van der Waals surface area contributed by atoms with Crippen molar-refractivity contribution in [3.05, 3.63) is 34.3 Å². The molecule has 0 saturated carbocycles. The molecular weight excluding hydrogens is 236 g/mol. The Labute approximate surface area is 107 Å². The zero-order chi connectivity index (χ0) is 12.4. The summed E-state index contributed by atoms with van der Waals surface area (Å²) in [7, 11) is 0. The minimum absolute atomic E-state index is 0.0315. The van der Waals surface area contributed by atoms with Crippen molar-refractivity contribution in [2.75, 3.05) is 19.6 Å². The van der Waals surface area contributed by atoms with E-state index in [1.165, 1.54) is 0 Å². The number of hydrogen-bond acceptors (Lipinski definition) is 2. The Morgan fingerprint density at radius 2 is 2.29 bits per heavy atom. The highest BCUT2D eigenvalue weighted by Gasteiger charge is 2.25. The van der Waals surface area contributed by atoms with Gasteiger partial charge in [-0.2, -0.15) is 0 Å². The SMILES string of the molecule is Cc1ccc(C(=O)N2CCNCC2C)c(Cl)c1. The fraction of sp³-hybridized carbons (Fsp3) is 0.462. The normalized spacial score (nSPS) is 20.4. The topological polar surface area (TPSA) is 32.3 Å². The zero-order valence-corrected chi connectivity index (χ0v) is 10.9. The second-order valence-corrected chi connectivity index (χ2v) is 4.94. The summed E-state index contributed by atoms with van der Waals surface area (Å²) in [4.78, 5) is 14.2. The third kappa shape index (κ3) is 2.61. The number of halogens is 1. The molecule has 1 saturated heterocycles. The Morgan fingerprint density at radius 1 is 1.53 bits per heavy atom. The van der Waals surface area contributed by atoms with Crippen LogP contribution in [-0.4, -0.2) is 36.5 Å². The van der Waals surface area contributed by atoms with Crippen molar-refractivity contribution >= 4 is 17.5 Å². The van der Waals surface area contributed by atoms with E-state index in [1.807, 2.05) is 36.9 Å². The standard InChI is InChI=1S/C13H17ClN2O/c1-9-3-4-11(12(14)7-9)13(17)16-6-5-15-8-10(16)2/h3-4,7,10,15H,5-6,8H2,1-2H3. The molecule has 1 fully saturated rings. The van der Waals surface area contributed by atoms with Gasteiger partial charge in [-0.3, -0.25) is 4.79 Å². The molecule has 0 aliphatic carbocycles. The fourth-order valence-electron chi connectivity index (χ4n) is 2.09. The highest BCUT2D eigenvalue weighted by molar-refractivity contribution is 6.33. The lowest BCUT2D eigenvalue weighted by Gasteiger charge is -2.34. The Bertz CT molecular complexity index is 433. The maximum absolute atomic E-state index is 12.4. The van der Waals surface area contributed by atoms with E-state index >= 15 is 0 Å². The van der Waals surface area contributed by atoms with Gasteiger partial charge in [0, 0.05) is 25.7 Å². The number of rotatable bonds is 1. The molecule has 1 amide bonds. The van der Waals surface area contributed by atoms with Crippen molar-refractivity contribution in [2.45, 2.75) is 19.9 Å². The molecule has 1 N–H and O–H groups in total. The van der Waals surface area contributed by atoms with Crippen LogP contribution in [0.1, 0.15) is 22.8 Å². The van der Waals surface area contributed by atoms with Crippen LogP contribution in [0.5, 0.6) is 0 Å². The minimum atomic E-state index is 0.0315. The minimum Gasteiger partial charge on any atom is -0.333 e. The summed E-state index contributed by atoms with van der Waals surface area (Å²) < 4.78 is 0. The van der Waals surface area contributed by atoms with E-state index in [1.54, 1.807) is 0 Å². The van der Waals surface area contributed by atoms with Gasteiger partial charge in [0.05, 0.1) is 10.6 Å². The highest BCUT2D eigenvalue weighted by Crippen LogP contribution is 2.20. The van der Waals surface area contributed by atoms with Crippen molar-refractivity contribution in [3.63, 3.8) is 0 Å². The first kappa shape index (κ1) is 12.4. The predicted molar refractivity (Wildman–Crippen MR) is 69.6 cm³/mol. The van der Waals surface area contributed by atoms with Crippen LogP contribution in [0.15, 0.2) is 18.2 Å². The van der Waals surface area contributed by atoms with Crippen molar-refractivity contribution in [2.24, 2.45) is 0 Å². The number of nitrogens with one attached hydrogen (secondary N) is 1. The van der Waals surface area contributed by atoms with Gasteiger partial charge in [-0.1, -0.05) is 17.7 Å². The summed E-state index contributed by atoms with van der Waals surface area (Å²) in [6.45, 7) is 6.44. The first-order valence-electron chi connectivity index (χ1n) is 5.87. The van der Waals surface area contributed by atoms with E-state index in [4.69, 9.17) is 11.6 Å². The summed E-state index contributed by atoms with van der Waals surface area (Å²) in [5.41, 5.74) is 1.67. The zero-order valence-electron chi connectivity index (χ0n) is 10.2. The van der Waals surface area contributed by atoms with Gasteiger partial charge in [0.1, 0.15) is 0 Å². The molecule has 0 radical (unpaired) electrons. The molecular formula is C13H17ClN2O. The molecule has 17 heavy (non-hydrogen) atoms. The number of benzene rings is 1. The third-order valence-corrected chi connectivity index (χ3v) is 3.43. The maximum atomic E-state index is 12.4. The van der Waals surface area contributed by atoms with Crippen LogP contribution in [0.4, 0.5) is 0 Å². The van der Waals surface area contributed by atoms with Gasteiger partial charge in [0.15, 0.2) is 0 Å². The molecule has 1 unspecified atom stereocenters. The Morgan fingerprint density at radius 3 is 2.94 bits per heavy atom. The summed E-state index contributed by atoms with van der Waals surface area (Å²) >= 11 is 6.13. The molecule has 0 spiro atoms. The molecule has 1 heterocycles. The van der Waals surface area contributed by atoms with E-state index in [2.05, 4.69) is 5.32 Å². The van der Waals surface area contributed by atoms with Crippen molar-refractivity contribution in [1.29, 1.82) is 0 Å². The maximum Gasteiger partial charge on any atom is 0.255 e. The second kappa shape index (κ2) is 5.07. The largest absolute Gasteiger partial charge is 0.333 e.